The molecule has 0 atom stereocenters. The predicted molar refractivity (Wildman–Crippen MR) is 127 cm³/mol. The molecule has 172 valence electrons. The van der Waals surface area contributed by atoms with Gasteiger partial charge >= 0.3 is 0 Å². The first-order chi connectivity index (χ1) is 15.5. The number of nitrogens with one attached hydrogen (secondary N) is 1. The molecule has 0 saturated carbocycles. The SMILES string of the molecule is CS(=O)(=O)c1ccncc1N.CS(=O)(=O)c1ccncc1Nc1cc(Cl)c2nccnc2c1. The van der Waals surface area contributed by atoms with Crippen LogP contribution in [0.25, 0.3) is 11.0 Å². The molecule has 0 aliphatic carbocycles. The van der Waals surface area contributed by atoms with Gasteiger partial charge in [-0.05, 0) is 24.3 Å². The Morgan fingerprint density at radius 3 is 2.06 bits per heavy atom. The summed E-state index contributed by atoms with van der Waals surface area (Å²) in [6.45, 7) is 0. The van der Waals surface area contributed by atoms with E-state index in [1.807, 2.05) is 0 Å². The quantitative estimate of drug-likeness (QED) is 0.421. The van der Waals surface area contributed by atoms with Gasteiger partial charge in [-0.1, -0.05) is 11.6 Å². The average molecular weight is 507 g/mol. The van der Waals surface area contributed by atoms with Gasteiger partial charge in [0.25, 0.3) is 0 Å². The number of hydrogen-bond acceptors (Lipinski definition) is 10. The molecule has 3 N–H and O–H groups in total. The molecule has 0 aliphatic heterocycles. The van der Waals surface area contributed by atoms with Crippen LogP contribution < -0.4 is 11.1 Å². The molecular weight excluding hydrogens is 488 g/mol. The van der Waals surface area contributed by atoms with Gasteiger partial charge in [0, 0.05) is 43.0 Å². The van der Waals surface area contributed by atoms with Crippen LogP contribution in [0, 0.1) is 0 Å². The summed E-state index contributed by atoms with van der Waals surface area (Å²) in [4.78, 5) is 16.3. The molecule has 33 heavy (non-hydrogen) atoms. The zero-order chi connectivity index (χ0) is 24.2. The van der Waals surface area contributed by atoms with Crippen molar-refractivity contribution < 1.29 is 16.8 Å². The third kappa shape index (κ3) is 6.12. The normalized spacial score (nSPS) is 11.5. The Hall–Kier alpha value is -3.35. The molecule has 3 heterocycles. The molecule has 0 unspecified atom stereocenters. The maximum Gasteiger partial charge on any atom is 0.177 e. The number of fused-ring (bicyclic) bond motifs is 1. The van der Waals surface area contributed by atoms with E-state index in [0.717, 1.165) is 12.5 Å². The third-order valence-corrected chi connectivity index (χ3v) is 6.81. The summed E-state index contributed by atoms with van der Waals surface area (Å²) in [6.07, 6.45) is 11.0. The van der Waals surface area contributed by atoms with Gasteiger partial charge in [-0.15, -0.1) is 0 Å². The van der Waals surface area contributed by atoms with Crippen LogP contribution in [-0.4, -0.2) is 49.3 Å². The largest absolute Gasteiger partial charge is 0.396 e. The van der Waals surface area contributed by atoms with Crippen molar-refractivity contribution in [3.63, 3.8) is 0 Å². The van der Waals surface area contributed by atoms with Crippen molar-refractivity contribution in [2.45, 2.75) is 9.79 Å². The van der Waals surface area contributed by atoms with Crippen LogP contribution in [-0.2, 0) is 19.7 Å². The first-order valence-electron chi connectivity index (χ1n) is 9.17. The highest BCUT2D eigenvalue weighted by atomic mass is 35.5. The topological polar surface area (TPSA) is 158 Å². The van der Waals surface area contributed by atoms with E-state index in [1.165, 1.54) is 36.9 Å². The zero-order valence-electron chi connectivity index (χ0n) is 17.5. The number of nitrogens with zero attached hydrogens (tertiary/aromatic N) is 4. The van der Waals surface area contributed by atoms with E-state index >= 15 is 0 Å². The average Bonchev–Trinajstić information content (AvgIpc) is 2.73. The Labute approximate surface area is 195 Å². The van der Waals surface area contributed by atoms with Gasteiger partial charge in [-0.25, -0.2) is 16.8 Å². The standard InChI is InChI=1S/C14H11ClN4O2S.C6H8N2O2S/c1-22(20,21)13-2-3-16-8-12(13)19-9-6-10(15)14-11(7-9)17-4-5-18-14;1-11(9,10)6-2-3-8-4-5(6)7/h2-8,19H,1H3;2-4H,7H2,1H3. The van der Waals surface area contributed by atoms with Gasteiger partial charge < -0.3 is 11.1 Å². The summed E-state index contributed by atoms with van der Waals surface area (Å²) < 4.78 is 45.5. The number of pyridine rings is 2. The highest BCUT2D eigenvalue weighted by Gasteiger charge is 2.14. The van der Waals surface area contributed by atoms with Crippen molar-refractivity contribution in [3.8, 4) is 0 Å². The maximum atomic E-state index is 11.8. The number of hydrogen-bond donors (Lipinski definition) is 2. The highest BCUT2D eigenvalue weighted by molar-refractivity contribution is 7.91. The minimum absolute atomic E-state index is 0.132. The molecule has 0 amide bonds. The van der Waals surface area contributed by atoms with Crippen molar-refractivity contribution in [2.24, 2.45) is 0 Å². The molecular formula is C20H19ClN6O4S2. The Balaban J connectivity index is 0.000000235. The molecule has 0 bridgehead atoms. The Morgan fingerprint density at radius 1 is 0.848 bits per heavy atom. The van der Waals surface area contributed by atoms with E-state index in [9.17, 15) is 16.8 Å². The lowest BCUT2D eigenvalue weighted by Gasteiger charge is -2.11. The molecule has 0 aliphatic rings. The lowest BCUT2D eigenvalue weighted by atomic mass is 10.2. The summed E-state index contributed by atoms with van der Waals surface area (Å²) in [5, 5.41) is 3.45. The molecule has 4 rings (SSSR count). The number of anilines is 3. The van der Waals surface area contributed by atoms with E-state index in [0.29, 0.717) is 27.4 Å². The molecule has 0 spiro atoms. The van der Waals surface area contributed by atoms with Gasteiger partial charge in [-0.2, -0.15) is 0 Å². The second-order valence-electron chi connectivity index (χ2n) is 6.84. The second-order valence-corrected chi connectivity index (χ2v) is 11.2. The molecule has 3 aromatic heterocycles. The Kier molecular flexibility index (Phi) is 7.10. The van der Waals surface area contributed by atoms with E-state index < -0.39 is 19.7 Å². The monoisotopic (exact) mass is 506 g/mol. The molecule has 10 nitrogen and oxygen atoms in total. The number of sulfone groups is 2. The van der Waals surface area contributed by atoms with E-state index in [-0.39, 0.29) is 15.5 Å². The predicted octanol–water partition coefficient (Wildman–Crippen LogP) is 2.89. The van der Waals surface area contributed by atoms with Crippen molar-refractivity contribution in [2.75, 3.05) is 23.6 Å². The van der Waals surface area contributed by atoms with Crippen molar-refractivity contribution in [3.05, 3.63) is 66.5 Å². The van der Waals surface area contributed by atoms with Crippen LogP contribution in [0.4, 0.5) is 17.1 Å². The number of rotatable bonds is 4. The zero-order valence-corrected chi connectivity index (χ0v) is 19.9. The van der Waals surface area contributed by atoms with Crippen molar-refractivity contribution in [1.82, 2.24) is 19.9 Å². The van der Waals surface area contributed by atoms with Gasteiger partial charge in [0.15, 0.2) is 19.7 Å². The van der Waals surface area contributed by atoms with Crippen LogP contribution in [0.15, 0.2) is 71.2 Å². The van der Waals surface area contributed by atoms with Crippen LogP contribution >= 0.6 is 11.6 Å². The van der Waals surface area contributed by atoms with Gasteiger partial charge in [0.1, 0.15) is 5.52 Å². The molecule has 0 radical (unpaired) electrons. The summed E-state index contributed by atoms with van der Waals surface area (Å²) in [6, 6.07) is 6.23. The molecule has 1 aromatic carbocycles. The number of aromatic nitrogens is 4. The number of nitrogen functional groups attached to an aromatic ring is 1. The van der Waals surface area contributed by atoms with Crippen LogP contribution in [0.3, 0.4) is 0 Å². The first-order valence-corrected chi connectivity index (χ1v) is 13.3. The van der Waals surface area contributed by atoms with Gasteiger partial charge in [0.2, 0.25) is 0 Å². The highest BCUT2D eigenvalue weighted by Crippen LogP contribution is 2.29. The molecule has 0 fully saturated rings. The fraction of sp³-hybridized carbons (Fsp3) is 0.100. The summed E-state index contributed by atoms with van der Waals surface area (Å²) in [7, 11) is -6.57. The van der Waals surface area contributed by atoms with Crippen LogP contribution in [0.5, 0.6) is 0 Å². The van der Waals surface area contributed by atoms with E-state index in [4.69, 9.17) is 17.3 Å². The molecule has 13 heteroatoms. The minimum Gasteiger partial charge on any atom is -0.396 e. The fourth-order valence-electron chi connectivity index (χ4n) is 2.79. The number of benzene rings is 1. The van der Waals surface area contributed by atoms with Crippen molar-refractivity contribution in [1.29, 1.82) is 0 Å². The summed E-state index contributed by atoms with van der Waals surface area (Å²) >= 11 is 6.18. The maximum absolute atomic E-state index is 11.8. The summed E-state index contributed by atoms with van der Waals surface area (Å²) in [5.41, 5.74) is 7.74. The minimum atomic E-state index is -3.37. The molecule has 4 aromatic rings. The first kappa shape index (κ1) is 24.3. The number of nitrogens with two attached hydrogens (primary N) is 1. The van der Waals surface area contributed by atoms with E-state index in [2.05, 4.69) is 25.3 Å². The van der Waals surface area contributed by atoms with Crippen molar-refractivity contribution >= 4 is 59.4 Å². The van der Waals surface area contributed by atoms with Gasteiger partial charge in [-0.3, -0.25) is 19.9 Å². The third-order valence-electron chi connectivity index (χ3n) is 4.20. The Bertz CT molecular complexity index is 1530. The van der Waals surface area contributed by atoms with Gasteiger partial charge in [0.05, 0.1) is 44.1 Å². The van der Waals surface area contributed by atoms with Crippen LogP contribution in [0.2, 0.25) is 5.02 Å². The second kappa shape index (κ2) is 9.65. The molecule has 0 saturated heterocycles. The summed E-state index contributed by atoms with van der Waals surface area (Å²) in [5.74, 6) is 0. The smallest absolute Gasteiger partial charge is 0.177 e. The lowest BCUT2D eigenvalue weighted by Crippen LogP contribution is -2.03. The van der Waals surface area contributed by atoms with Crippen LogP contribution in [0.1, 0.15) is 0 Å². The van der Waals surface area contributed by atoms with E-state index in [1.54, 1.807) is 24.5 Å². The Morgan fingerprint density at radius 2 is 1.45 bits per heavy atom. The fourth-order valence-corrected chi connectivity index (χ4v) is 4.65. The number of halogens is 1. The lowest BCUT2D eigenvalue weighted by molar-refractivity contribution is 0.600.